The van der Waals surface area contributed by atoms with E-state index in [4.69, 9.17) is 14.4 Å². The molecule has 15 rings (SSSR count). The highest BCUT2D eigenvalue weighted by molar-refractivity contribution is 6.38. The highest BCUT2D eigenvalue weighted by Gasteiger charge is 2.29. The van der Waals surface area contributed by atoms with Crippen molar-refractivity contribution in [2.75, 3.05) is 0 Å². The predicted molar refractivity (Wildman–Crippen MR) is 255 cm³/mol. The van der Waals surface area contributed by atoms with Gasteiger partial charge < -0.3 is 13.4 Å². The summed E-state index contributed by atoms with van der Waals surface area (Å²) in [6, 6.07) is 67.5. The molecular formula is C56H31N5O. The molecule has 0 saturated heterocycles. The molecule has 62 heavy (non-hydrogen) atoms. The molecule has 0 unspecified atom stereocenters. The summed E-state index contributed by atoms with van der Waals surface area (Å²) in [7, 11) is 0. The van der Waals surface area contributed by atoms with Gasteiger partial charge in [-0.1, -0.05) is 127 Å². The monoisotopic (exact) mass is 789 g/mol. The van der Waals surface area contributed by atoms with Crippen molar-refractivity contribution in [1.29, 1.82) is 0 Å². The van der Waals surface area contributed by atoms with Gasteiger partial charge in [-0.25, -0.2) is 4.98 Å². The van der Waals surface area contributed by atoms with Gasteiger partial charge in [0.1, 0.15) is 5.58 Å². The number of para-hydroxylation sites is 3. The van der Waals surface area contributed by atoms with Crippen LogP contribution in [0.3, 0.4) is 0 Å². The lowest BCUT2D eigenvalue weighted by Gasteiger charge is -2.11. The van der Waals surface area contributed by atoms with Gasteiger partial charge in [-0.05, 0) is 82.6 Å². The summed E-state index contributed by atoms with van der Waals surface area (Å²) in [5.41, 5.74) is 14.6. The standard InChI is InChI=1S/C56H31N5O/c1-2-13-37(14-3-1)59-42-18-10-19-43-49(42)50-44(59)29-30-45-51(50)52-46(28-27-39-38-15-6-8-17-41(38)60(43)54(39)52)61(45)56-57-53(48-40-16-7-9-20-47(40)62-55(48)58-56)34-24-21-33(22-25-34)36-26-23-32-11-4-5-12-35(32)31-36/h1-31H. The SMILES string of the molecule is c1ccc(-n2c3ccc4c5c3c3c2cccc3n2c3ccccc3c3ccc(c5c32)n4-c2nc(-c3ccc(-c4ccc5ccccc5c4)cc3)c3c(n2)oc2ccccc23)cc1. The number of fused-ring (bicyclic) bond motifs is 8. The molecule has 6 nitrogen and oxygen atoms in total. The largest absolute Gasteiger partial charge is 0.437 e. The molecule has 286 valence electrons. The van der Waals surface area contributed by atoms with Crippen LogP contribution < -0.4 is 0 Å². The van der Waals surface area contributed by atoms with E-state index in [-0.39, 0.29) is 0 Å². The van der Waals surface area contributed by atoms with Crippen molar-refractivity contribution >= 4 is 104 Å². The molecule has 0 spiro atoms. The first-order chi connectivity index (χ1) is 30.8. The molecule has 0 aliphatic rings. The molecule has 0 saturated carbocycles. The lowest BCUT2D eigenvalue weighted by molar-refractivity contribution is 0.651. The molecule has 0 aliphatic heterocycles. The average molecular weight is 790 g/mol. The van der Waals surface area contributed by atoms with Gasteiger partial charge in [0.15, 0.2) is 0 Å². The molecule has 0 fully saturated rings. The van der Waals surface area contributed by atoms with E-state index in [2.05, 4.69) is 189 Å². The molecule has 6 heterocycles. The van der Waals surface area contributed by atoms with Crippen LogP contribution >= 0.6 is 0 Å². The number of rotatable bonds is 4. The van der Waals surface area contributed by atoms with Crippen LogP contribution in [0.5, 0.6) is 0 Å². The van der Waals surface area contributed by atoms with Crippen LogP contribution in [0, 0.1) is 0 Å². The summed E-state index contributed by atoms with van der Waals surface area (Å²) >= 11 is 0. The molecule has 0 amide bonds. The zero-order valence-electron chi connectivity index (χ0n) is 33.0. The third-order valence-corrected chi connectivity index (χ3v) is 13.4. The van der Waals surface area contributed by atoms with Crippen molar-refractivity contribution in [1.82, 2.24) is 23.5 Å². The van der Waals surface area contributed by atoms with Gasteiger partial charge in [-0.3, -0.25) is 4.57 Å². The number of aromatic nitrogens is 5. The zero-order valence-corrected chi connectivity index (χ0v) is 33.0. The quantitative estimate of drug-likeness (QED) is 0.178. The van der Waals surface area contributed by atoms with E-state index in [0.717, 1.165) is 55.4 Å². The first-order valence-corrected chi connectivity index (χ1v) is 21.1. The first kappa shape index (κ1) is 32.4. The van der Waals surface area contributed by atoms with Crippen molar-refractivity contribution in [3.8, 4) is 34.0 Å². The van der Waals surface area contributed by atoms with Gasteiger partial charge >= 0.3 is 0 Å². The summed E-state index contributed by atoms with van der Waals surface area (Å²) in [5.74, 6) is 0.569. The fourth-order valence-electron chi connectivity index (χ4n) is 10.8. The van der Waals surface area contributed by atoms with Crippen LogP contribution in [-0.4, -0.2) is 23.5 Å². The van der Waals surface area contributed by atoms with Crippen molar-refractivity contribution in [3.63, 3.8) is 0 Å². The predicted octanol–water partition coefficient (Wildman–Crippen LogP) is 14.5. The molecule has 6 heteroatoms. The number of furan rings is 1. The summed E-state index contributed by atoms with van der Waals surface area (Å²) in [4.78, 5) is 10.9. The van der Waals surface area contributed by atoms with Crippen LogP contribution in [-0.2, 0) is 0 Å². The van der Waals surface area contributed by atoms with Gasteiger partial charge in [0.25, 0.3) is 0 Å². The number of hydrogen-bond acceptors (Lipinski definition) is 3. The van der Waals surface area contributed by atoms with Crippen LogP contribution in [0.15, 0.2) is 192 Å². The minimum Gasteiger partial charge on any atom is -0.437 e. The summed E-state index contributed by atoms with van der Waals surface area (Å²) in [6.45, 7) is 0. The molecule has 9 aromatic carbocycles. The third kappa shape index (κ3) is 4.08. The van der Waals surface area contributed by atoms with Crippen LogP contribution in [0.25, 0.3) is 138 Å². The Labute approximate surface area is 352 Å². The Morgan fingerprint density at radius 1 is 0.371 bits per heavy atom. The second-order valence-corrected chi connectivity index (χ2v) is 16.5. The lowest BCUT2D eigenvalue weighted by atomic mass is 9.99. The second kappa shape index (κ2) is 11.6. The van der Waals surface area contributed by atoms with Crippen molar-refractivity contribution in [3.05, 3.63) is 188 Å². The first-order valence-electron chi connectivity index (χ1n) is 21.1. The van der Waals surface area contributed by atoms with Gasteiger partial charge in [-0.2, -0.15) is 4.98 Å². The summed E-state index contributed by atoms with van der Waals surface area (Å²) in [5, 5.41) is 11.7. The van der Waals surface area contributed by atoms with E-state index >= 15 is 0 Å². The molecule has 0 atom stereocenters. The number of benzene rings is 9. The molecule has 0 aliphatic carbocycles. The van der Waals surface area contributed by atoms with Crippen LogP contribution in [0.4, 0.5) is 0 Å². The smallest absolute Gasteiger partial charge is 0.238 e. The maximum absolute atomic E-state index is 6.64. The molecule has 0 N–H and O–H groups in total. The Balaban J connectivity index is 1.06. The van der Waals surface area contributed by atoms with E-state index in [1.807, 2.05) is 12.1 Å². The van der Waals surface area contributed by atoms with E-state index in [0.29, 0.717) is 11.7 Å². The van der Waals surface area contributed by atoms with Gasteiger partial charge in [0.05, 0.1) is 49.7 Å². The minimum atomic E-state index is 0.561. The maximum atomic E-state index is 6.64. The fraction of sp³-hybridized carbons (Fsp3) is 0. The van der Waals surface area contributed by atoms with Gasteiger partial charge in [0.2, 0.25) is 11.7 Å². The van der Waals surface area contributed by atoms with E-state index in [1.165, 1.54) is 70.7 Å². The van der Waals surface area contributed by atoms with E-state index < -0.39 is 0 Å². The molecule has 6 aromatic heterocycles. The van der Waals surface area contributed by atoms with Crippen LogP contribution in [0.2, 0.25) is 0 Å². The highest BCUT2D eigenvalue weighted by Crippen LogP contribution is 2.49. The Hall–Kier alpha value is -8.48. The Morgan fingerprint density at radius 2 is 1.02 bits per heavy atom. The minimum absolute atomic E-state index is 0.561. The van der Waals surface area contributed by atoms with E-state index in [1.54, 1.807) is 0 Å². The number of nitrogens with zero attached hydrogens (tertiary/aromatic N) is 5. The van der Waals surface area contributed by atoms with Crippen molar-refractivity contribution < 1.29 is 4.42 Å². The highest BCUT2D eigenvalue weighted by atomic mass is 16.3. The normalized spacial score (nSPS) is 12.5. The maximum Gasteiger partial charge on any atom is 0.238 e. The molecule has 15 aromatic rings. The summed E-state index contributed by atoms with van der Waals surface area (Å²) in [6.07, 6.45) is 0. The zero-order chi connectivity index (χ0) is 40.2. The Kier molecular flexibility index (Phi) is 6.07. The second-order valence-electron chi connectivity index (χ2n) is 16.5. The van der Waals surface area contributed by atoms with Gasteiger partial charge in [-0.15, -0.1) is 0 Å². The van der Waals surface area contributed by atoms with Crippen molar-refractivity contribution in [2.24, 2.45) is 0 Å². The average Bonchev–Trinajstić information content (AvgIpc) is 4.05. The molecule has 0 bridgehead atoms. The molecular weight excluding hydrogens is 759 g/mol. The summed E-state index contributed by atoms with van der Waals surface area (Å²) < 4.78 is 13.8. The number of hydrogen-bond donors (Lipinski definition) is 0. The third-order valence-electron chi connectivity index (χ3n) is 13.4. The molecule has 0 radical (unpaired) electrons. The fourth-order valence-corrected chi connectivity index (χ4v) is 10.8. The van der Waals surface area contributed by atoms with Crippen molar-refractivity contribution in [2.45, 2.75) is 0 Å². The lowest BCUT2D eigenvalue weighted by Crippen LogP contribution is -2.03. The topological polar surface area (TPSA) is 53.2 Å². The van der Waals surface area contributed by atoms with Gasteiger partial charge in [0, 0.05) is 49.0 Å². The Morgan fingerprint density at radius 3 is 1.90 bits per heavy atom. The van der Waals surface area contributed by atoms with E-state index in [9.17, 15) is 0 Å². The Bertz CT molecular complexity index is 4320. The van der Waals surface area contributed by atoms with Crippen LogP contribution in [0.1, 0.15) is 0 Å².